The van der Waals surface area contributed by atoms with Crippen LogP contribution in [-0.4, -0.2) is 14.5 Å². The second-order valence-electron chi connectivity index (χ2n) is 4.64. The van der Waals surface area contributed by atoms with E-state index in [2.05, 4.69) is 9.97 Å². The van der Waals surface area contributed by atoms with Gasteiger partial charge in [-0.1, -0.05) is 30.1 Å². The molecule has 0 aliphatic rings. The number of benzene rings is 1. The van der Waals surface area contributed by atoms with Crippen molar-refractivity contribution in [1.82, 2.24) is 14.5 Å². The first-order valence-electron chi connectivity index (χ1n) is 6.53. The summed E-state index contributed by atoms with van der Waals surface area (Å²) in [7, 11) is 0. The SMILES string of the molecule is CCc1nc2c(Cl)ccc(Cl)c2c(=O)n1-c1cncc(F)c1. The highest BCUT2D eigenvalue weighted by Gasteiger charge is 2.16. The standard InChI is InChI=1S/C15H10Cl2FN3O/c1-2-12-20-14-11(17)4-3-10(16)13(14)15(22)21(12)9-5-8(18)6-19-7-9/h3-7H,2H2,1H3. The zero-order valence-electron chi connectivity index (χ0n) is 11.5. The second kappa shape index (κ2) is 5.66. The van der Waals surface area contributed by atoms with E-state index in [-0.39, 0.29) is 10.4 Å². The lowest BCUT2D eigenvalue weighted by Crippen LogP contribution is -2.24. The lowest BCUT2D eigenvalue weighted by Gasteiger charge is -2.13. The third-order valence-electron chi connectivity index (χ3n) is 3.26. The van der Waals surface area contributed by atoms with Crippen molar-refractivity contribution in [2.24, 2.45) is 0 Å². The monoisotopic (exact) mass is 337 g/mol. The molecule has 0 atom stereocenters. The van der Waals surface area contributed by atoms with E-state index in [0.717, 1.165) is 6.20 Å². The van der Waals surface area contributed by atoms with Crippen molar-refractivity contribution in [1.29, 1.82) is 0 Å². The van der Waals surface area contributed by atoms with E-state index in [9.17, 15) is 9.18 Å². The number of aryl methyl sites for hydroxylation is 1. The molecule has 0 radical (unpaired) electrons. The van der Waals surface area contributed by atoms with Crippen LogP contribution in [0.3, 0.4) is 0 Å². The lowest BCUT2D eigenvalue weighted by molar-refractivity contribution is 0.618. The summed E-state index contributed by atoms with van der Waals surface area (Å²) in [6.07, 6.45) is 2.93. The Morgan fingerprint density at radius 1 is 1.23 bits per heavy atom. The Morgan fingerprint density at radius 2 is 1.95 bits per heavy atom. The molecular formula is C15H10Cl2FN3O. The van der Waals surface area contributed by atoms with Gasteiger partial charge in [0.25, 0.3) is 5.56 Å². The number of aromatic nitrogens is 3. The van der Waals surface area contributed by atoms with Crippen LogP contribution in [0.25, 0.3) is 16.6 Å². The molecule has 2 heterocycles. The Labute approximate surface area is 135 Å². The maximum atomic E-state index is 13.4. The van der Waals surface area contributed by atoms with Crippen LogP contribution in [0.15, 0.2) is 35.4 Å². The second-order valence-corrected chi connectivity index (χ2v) is 5.45. The molecule has 0 bridgehead atoms. The number of rotatable bonds is 2. The first-order valence-corrected chi connectivity index (χ1v) is 7.29. The minimum absolute atomic E-state index is 0.204. The Bertz CT molecular complexity index is 940. The highest BCUT2D eigenvalue weighted by atomic mass is 35.5. The Balaban J connectivity index is 2.47. The Morgan fingerprint density at radius 3 is 2.64 bits per heavy atom. The van der Waals surface area contributed by atoms with E-state index >= 15 is 0 Å². The molecule has 0 fully saturated rings. The van der Waals surface area contributed by atoms with Gasteiger partial charge in [0.2, 0.25) is 0 Å². The molecule has 0 saturated carbocycles. The highest BCUT2D eigenvalue weighted by Crippen LogP contribution is 2.26. The van der Waals surface area contributed by atoms with Crippen molar-refractivity contribution >= 4 is 34.1 Å². The van der Waals surface area contributed by atoms with Gasteiger partial charge in [0.05, 0.1) is 39.0 Å². The van der Waals surface area contributed by atoms with Gasteiger partial charge in [0.15, 0.2) is 0 Å². The maximum Gasteiger partial charge on any atom is 0.267 e. The Hall–Kier alpha value is -1.98. The fourth-order valence-corrected chi connectivity index (χ4v) is 2.72. The van der Waals surface area contributed by atoms with E-state index in [4.69, 9.17) is 23.2 Å². The first kappa shape index (κ1) is 14.9. The molecule has 0 aliphatic heterocycles. The average molecular weight is 338 g/mol. The van der Waals surface area contributed by atoms with Crippen molar-refractivity contribution in [3.8, 4) is 5.69 Å². The van der Waals surface area contributed by atoms with Crippen LogP contribution in [0.2, 0.25) is 10.0 Å². The topological polar surface area (TPSA) is 47.8 Å². The minimum atomic E-state index is -0.538. The van der Waals surface area contributed by atoms with Gasteiger partial charge in [-0.25, -0.2) is 9.37 Å². The molecule has 3 aromatic rings. The maximum absolute atomic E-state index is 13.4. The van der Waals surface area contributed by atoms with Crippen LogP contribution >= 0.6 is 23.2 Å². The molecular weight excluding hydrogens is 328 g/mol. The van der Waals surface area contributed by atoms with Crippen LogP contribution in [0, 0.1) is 5.82 Å². The van der Waals surface area contributed by atoms with Crippen molar-refractivity contribution < 1.29 is 4.39 Å². The quantitative estimate of drug-likeness (QED) is 0.714. The van der Waals surface area contributed by atoms with E-state index < -0.39 is 11.4 Å². The molecule has 0 aliphatic carbocycles. The molecule has 4 nitrogen and oxygen atoms in total. The van der Waals surface area contributed by atoms with Gasteiger partial charge in [-0.15, -0.1) is 0 Å². The molecule has 3 rings (SSSR count). The molecule has 0 amide bonds. The number of hydrogen-bond acceptors (Lipinski definition) is 3. The summed E-state index contributed by atoms with van der Waals surface area (Å²) in [5.41, 5.74) is 0.241. The summed E-state index contributed by atoms with van der Waals surface area (Å²) in [6.45, 7) is 1.84. The van der Waals surface area contributed by atoms with E-state index in [1.165, 1.54) is 22.9 Å². The summed E-state index contributed by atoms with van der Waals surface area (Å²) in [4.78, 5) is 21.0. The molecule has 22 heavy (non-hydrogen) atoms. The van der Waals surface area contributed by atoms with Crippen LogP contribution in [-0.2, 0) is 6.42 Å². The van der Waals surface area contributed by atoms with Gasteiger partial charge < -0.3 is 0 Å². The molecule has 0 N–H and O–H groups in total. The lowest BCUT2D eigenvalue weighted by atomic mass is 10.2. The van der Waals surface area contributed by atoms with Gasteiger partial charge >= 0.3 is 0 Å². The molecule has 112 valence electrons. The molecule has 0 spiro atoms. The normalized spacial score (nSPS) is 11.1. The molecule has 7 heteroatoms. The van der Waals surface area contributed by atoms with Crippen LogP contribution in [0.1, 0.15) is 12.7 Å². The van der Waals surface area contributed by atoms with E-state index in [1.807, 2.05) is 6.92 Å². The summed E-state index contributed by atoms with van der Waals surface area (Å²) in [5, 5.41) is 0.795. The predicted octanol–water partition coefficient (Wildman–Crippen LogP) is 3.79. The molecule has 2 aromatic heterocycles. The van der Waals surface area contributed by atoms with Crippen molar-refractivity contribution in [3.63, 3.8) is 0 Å². The predicted molar refractivity (Wildman–Crippen MR) is 84.5 cm³/mol. The number of nitrogens with zero attached hydrogens (tertiary/aromatic N) is 3. The fourth-order valence-electron chi connectivity index (χ4n) is 2.29. The van der Waals surface area contributed by atoms with Crippen molar-refractivity contribution in [3.05, 3.63) is 62.6 Å². The van der Waals surface area contributed by atoms with Gasteiger partial charge in [-0.3, -0.25) is 14.3 Å². The van der Waals surface area contributed by atoms with E-state index in [1.54, 1.807) is 6.07 Å². The zero-order chi connectivity index (χ0) is 15.9. The number of halogens is 3. The average Bonchev–Trinajstić information content (AvgIpc) is 2.50. The highest BCUT2D eigenvalue weighted by molar-refractivity contribution is 6.39. The fraction of sp³-hybridized carbons (Fsp3) is 0.133. The zero-order valence-corrected chi connectivity index (χ0v) is 13.0. The number of pyridine rings is 1. The van der Waals surface area contributed by atoms with Gasteiger partial charge in [-0.2, -0.15) is 0 Å². The Kier molecular flexibility index (Phi) is 3.85. The third-order valence-corrected chi connectivity index (χ3v) is 3.88. The van der Waals surface area contributed by atoms with Crippen molar-refractivity contribution in [2.45, 2.75) is 13.3 Å². The molecule has 1 aromatic carbocycles. The minimum Gasteiger partial charge on any atom is -0.268 e. The summed E-state index contributed by atoms with van der Waals surface area (Å²) < 4.78 is 14.7. The number of fused-ring (bicyclic) bond motifs is 1. The number of hydrogen-bond donors (Lipinski definition) is 0. The third kappa shape index (κ3) is 2.36. The van der Waals surface area contributed by atoms with Gasteiger partial charge in [-0.05, 0) is 12.1 Å². The molecule has 0 saturated heterocycles. The summed E-state index contributed by atoms with van der Waals surface area (Å²) in [6, 6.07) is 4.35. The summed E-state index contributed by atoms with van der Waals surface area (Å²) in [5.74, 6) is -0.0854. The first-order chi connectivity index (χ1) is 10.5. The van der Waals surface area contributed by atoms with Crippen LogP contribution < -0.4 is 5.56 Å². The largest absolute Gasteiger partial charge is 0.268 e. The summed E-state index contributed by atoms with van der Waals surface area (Å²) >= 11 is 12.2. The van der Waals surface area contributed by atoms with Crippen LogP contribution in [0.5, 0.6) is 0 Å². The van der Waals surface area contributed by atoms with Gasteiger partial charge in [0, 0.05) is 12.5 Å². The smallest absolute Gasteiger partial charge is 0.267 e. The van der Waals surface area contributed by atoms with Crippen LogP contribution in [0.4, 0.5) is 4.39 Å². The van der Waals surface area contributed by atoms with Gasteiger partial charge in [0.1, 0.15) is 11.6 Å². The molecule has 0 unspecified atom stereocenters. The van der Waals surface area contributed by atoms with E-state index in [0.29, 0.717) is 28.5 Å². The van der Waals surface area contributed by atoms with Crippen molar-refractivity contribution in [2.75, 3.05) is 0 Å².